The molecule has 0 saturated carbocycles. The Labute approximate surface area is 153 Å². The minimum Gasteiger partial charge on any atom is -0.326 e. The van der Waals surface area contributed by atoms with Crippen molar-refractivity contribution in [3.05, 3.63) is 71.2 Å². The lowest BCUT2D eigenvalue weighted by Gasteiger charge is -2.06. The summed E-state index contributed by atoms with van der Waals surface area (Å²) in [4.78, 5) is 28.0. The van der Waals surface area contributed by atoms with Crippen molar-refractivity contribution in [2.45, 2.75) is 12.8 Å². The number of nitrogens with zero attached hydrogens (tertiary/aromatic N) is 3. The van der Waals surface area contributed by atoms with Gasteiger partial charge in [-0.2, -0.15) is 5.10 Å². The summed E-state index contributed by atoms with van der Waals surface area (Å²) in [7, 11) is 0. The van der Waals surface area contributed by atoms with Crippen molar-refractivity contribution in [2.24, 2.45) is 0 Å². The van der Waals surface area contributed by atoms with Gasteiger partial charge in [-0.3, -0.25) is 9.59 Å². The van der Waals surface area contributed by atoms with E-state index in [1.165, 1.54) is 6.33 Å². The van der Waals surface area contributed by atoms with Gasteiger partial charge in [0.15, 0.2) is 5.78 Å². The number of hydrogen-bond donors (Lipinski definition) is 1. The summed E-state index contributed by atoms with van der Waals surface area (Å²) in [5.41, 5.74) is 2.12. The molecule has 0 atom stereocenters. The molecule has 0 unspecified atom stereocenters. The first-order valence-electron chi connectivity index (χ1n) is 7.65. The molecule has 0 bridgehead atoms. The summed E-state index contributed by atoms with van der Waals surface area (Å²) in [5, 5.41) is 6.82. The van der Waals surface area contributed by atoms with Crippen molar-refractivity contribution in [2.75, 3.05) is 5.32 Å². The van der Waals surface area contributed by atoms with Crippen LogP contribution in [-0.2, 0) is 4.79 Å². The van der Waals surface area contributed by atoms with Crippen molar-refractivity contribution in [1.29, 1.82) is 0 Å². The molecule has 0 aliphatic carbocycles. The molecule has 7 heteroatoms. The van der Waals surface area contributed by atoms with Crippen LogP contribution in [0.3, 0.4) is 0 Å². The number of benzene rings is 2. The molecule has 0 saturated heterocycles. The van der Waals surface area contributed by atoms with Gasteiger partial charge in [0.1, 0.15) is 12.7 Å². The third-order valence-corrected chi connectivity index (χ3v) is 4.11. The highest BCUT2D eigenvalue weighted by Gasteiger charge is 2.10. The minimum absolute atomic E-state index is 0.0517. The molecular weight excluding hydrogens is 384 g/mol. The second kappa shape index (κ2) is 7.85. The SMILES string of the molecule is O=C(CCC(=O)c1ccc(Br)cc1)Nc1ccc(-n2cncn2)cc1. The number of nitrogens with one attached hydrogen (secondary N) is 1. The molecule has 0 spiro atoms. The summed E-state index contributed by atoms with van der Waals surface area (Å²) in [6, 6.07) is 14.3. The lowest BCUT2D eigenvalue weighted by molar-refractivity contribution is -0.116. The highest BCUT2D eigenvalue weighted by atomic mass is 79.9. The Morgan fingerprint density at radius 3 is 2.36 bits per heavy atom. The third-order valence-electron chi connectivity index (χ3n) is 3.58. The maximum absolute atomic E-state index is 12.1. The molecule has 3 aromatic rings. The van der Waals surface area contributed by atoms with E-state index >= 15 is 0 Å². The van der Waals surface area contributed by atoms with E-state index < -0.39 is 0 Å². The van der Waals surface area contributed by atoms with Crippen LogP contribution in [0.15, 0.2) is 65.7 Å². The van der Waals surface area contributed by atoms with Crippen LogP contribution in [0.1, 0.15) is 23.2 Å². The number of carbonyl (C=O) groups excluding carboxylic acids is 2. The predicted molar refractivity (Wildman–Crippen MR) is 97.7 cm³/mol. The highest BCUT2D eigenvalue weighted by molar-refractivity contribution is 9.10. The minimum atomic E-state index is -0.195. The van der Waals surface area contributed by atoms with E-state index in [1.54, 1.807) is 35.3 Å². The lowest BCUT2D eigenvalue weighted by atomic mass is 10.1. The lowest BCUT2D eigenvalue weighted by Crippen LogP contribution is -2.13. The largest absolute Gasteiger partial charge is 0.326 e. The van der Waals surface area contributed by atoms with Gasteiger partial charge in [-0.25, -0.2) is 9.67 Å². The Morgan fingerprint density at radius 1 is 1.00 bits per heavy atom. The Hall–Kier alpha value is -2.80. The average Bonchev–Trinajstić information content (AvgIpc) is 3.15. The van der Waals surface area contributed by atoms with Crippen LogP contribution < -0.4 is 5.32 Å². The Kier molecular flexibility index (Phi) is 5.35. The van der Waals surface area contributed by atoms with Crippen LogP contribution >= 0.6 is 15.9 Å². The molecule has 0 aliphatic rings. The van der Waals surface area contributed by atoms with E-state index in [0.717, 1.165) is 10.2 Å². The van der Waals surface area contributed by atoms with E-state index in [2.05, 4.69) is 31.3 Å². The molecule has 3 rings (SSSR count). The van der Waals surface area contributed by atoms with Gasteiger partial charge in [0.25, 0.3) is 0 Å². The Bertz CT molecular complexity index is 859. The quantitative estimate of drug-likeness (QED) is 0.643. The maximum Gasteiger partial charge on any atom is 0.224 e. The average molecular weight is 399 g/mol. The standard InChI is InChI=1S/C18H15BrN4O2/c19-14-3-1-13(2-4-14)17(24)9-10-18(25)22-15-5-7-16(8-6-15)23-12-20-11-21-23/h1-8,11-12H,9-10H2,(H,22,25). The molecule has 0 radical (unpaired) electrons. The maximum atomic E-state index is 12.1. The van der Waals surface area contributed by atoms with E-state index in [-0.39, 0.29) is 24.5 Å². The van der Waals surface area contributed by atoms with E-state index in [1.807, 2.05) is 24.3 Å². The van der Waals surface area contributed by atoms with Gasteiger partial charge < -0.3 is 5.32 Å². The fraction of sp³-hybridized carbons (Fsp3) is 0.111. The molecular formula is C18H15BrN4O2. The van der Waals surface area contributed by atoms with Crippen LogP contribution in [0.25, 0.3) is 5.69 Å². The zero-order valence-corrected chi connectivity index (χ0v) is 14.8. The molecule has 1 heterocycles. The van der Waals surface area contributed by atoms with Gasteiger partial charge in [0.2, 0.25) is 5.91 Å². The zero-order valence-electron chi connectivity index (χ0n) is 13.2. The molecule has 1 N–H and O–H groups in total. The zero-order chi connectivity index (χ0) is 17.6. The topological polar surface area (TPSA) is 76.9 Å². The molecule has 1 amide bonds. The molecule has 2 aromatic carbocycles. The van der Waals surface area contributed by atoms with Crippen molar-refractivity contribution < 1.29 is 9.59 Å². The van der Waals surface area contributed by atoms with Crippen LogP contribution in [0.4, 0.5) is 5.69 Å². The Balaban J connectivity index is 1.52. The first-order valence-corrected chi connectivity index (χ1v) is 8.45. The fourth-order valence-electron chi connectivity index (χ4n) is 2.27. The number of Topliss-reactive ketones (excluding diaryl/α,β-unsaturated/α-hetero) is 1. The smallest absolute Gasteiger partial charge is 0.224 e. The fourth-order valence-corrected chi connectivity index (χ4v) is 2.53. The van der Waals surface area contributed by atoms with E-state index in [9.17, 15) is 9.59 Å². The second-order valence-electron chi connectivity index (χ2n) is 5.37. The number of rotatable bonds is 6. The molecule has 25 heavy (non-hydrogen) atoms. The van der Waals surface area contributed by atoms with Gasteiger partial charge >= 0.3 is 0 Å². The van der Waals surface area contributed by atoms with Crippen LogP contribution in [0, 0.1) is 0 Å². The highest BCUT2D eigenvalue weighted by Crippen LogP contribution is 2.14. The normalized spacial score (nSPS) is 10.4. The van der Waals surface area contributed by atoms with Gasteiger partial charge in [0.05, 0.1) is 5.69 Å². The number of carbonyl (C=O) groups is 2. The number of amides is 1. The summed E-state index contributed by atoms with van der Waals surface area (Å²) >= 11 is 3.33. The summed E-state index contributed by atoms with van der Waals surface area (Å²) in [5.74, 6) is -0.247. The van der Waals surface area contributed by atoms with Crippen LogP contribution in [0.5, 0.6) is 0 Å². The van der Waals surface area contributed by atoms with E-state index in [0.29, 0.717) is 11.3 Å². The van der Waals surface area contributed by atoms with Crippen molar-refractivity contribution in [3.8, 4) is 5.69 Å². The van der Waals surface area contributed by atoms with Gasteiger partial charge in [-0.05, 0) is 36.4 Å². The third kappa shape index (κ3) is 4.60. The van der Waals surface area contributed by atoms with Crippen molar-refractivity contribution in [1.82, 2.24) is 14.8 Å². The van der Waals surface area contributed by atoms with Crippen LogP contribution in [-0.4, -0.2) is 26.5 Å². The first kappa shape index (κ1) is 17.0. The number of halogens is 1. The number of hydrogen-bond acceptors (Lipinski definition) is 4. The number of ketones is 1. The van der Waals surface area contributed by atoms with Gasteiger partial charge in [-0.1, -0.05) is 28.1 Å². The van der Waals surface area contributed by atoms with Crippen LogP contribution in [0.2, 0.25) is 0 Å². The van der Waals surface area contributed by atoms with Crippen molar-refractivity contribution >= 4 is 33.3 Å². The molecule has 0 fully saturated rings. The predicted octanol–water partition coefficient (Wildman–Crippen LogP) is 3.63. The van der Waals surface area contributed by atoms with Crippen molar-refractivity contribution in [3.63, 3.8) is 0 Å². The van der Waals surface area contributed by atoms with Gasteiger partial charge in [-0.15, -0.1) is 0 Å². The summed E-state index contributed by atoms with van der Waals surface area (Å²) in [6.07, 6.45) is 3.36. The monoisotopic (exact) mass is 398 g/mol. The number of anilines is 1. The second-order valence-corrected chi connectivity index (χ2v) is 6.28. The van der Waals surface area contributed by atoms with Gasteiger partial charge in [0, 0.05) is 28.6 Å². The summed E-state index contributed by atoms with van der Waals surface area (Å²) in [6.45, 7) is 0. The number of aromatic nitrogens is 3. The molecule has 126 valence electrons. The Morgan fingerprint density at radius 2 is 1.72 bits per heavy atom. The molecule has 1 aromatic heterocycles. The van der Waals surface area contributed by atoms with E-state index in [4.69, 9.17) is 0 Å². The first-order chi connectivity index (χ1) is 12.1. The molecule has 0 aliphatic heterocycles. The summed E-state index contributed by atoms with van der Waals surface area (Å²) < 4.78 is 2.54. The molecule has 6 nitrogen and oxygen atoms in total.